The van der Waals surface area contributed by atoms with Gasteiger partial charge in [-0.2, -0.15) is 0 Å². The van der Waals surface area contributed by atoms with Gasteiger partial charge in [0, 0.05) is 15.5 Å². The molecule has 1 aromatic carbocycles. The summed E-state index contributed by atoms with van der Waals surface area (Å²) in [4.78, 5) is 0. The van der Waals surface area contributed by atoms with Gasteiger partial charge in [0.05, 0.1) is 6.10 Å². The molecule has 4 heteroatoms. The van der Waals surface area contributed by atoms with Gasteiger partial charge in [0.25, 0.3) is 0 Å². The van der Waals surface area contributed by atoms with Crippen molar-refractivity contribution in [2.45, 2.75) is 26.0 Å². The third-order valence-electron chi connectivity index (χ3n) is 2.05. The Labute approximate surface area is 107 Å². The summed E-state index contributed by atoms with van der Waals surface area (Å²) >= 11 is 6.89. The molecule has 84 valence electrons. The van der Waals surface area contributed by atoms with E-state index in [1.165, 1.54) is 5.56 Å². The minimum atomic E-state index is -0.228. The lowest BCUT2D eigenvalue weighted by Gasteiger charge is -2.07. The lowest BCUT2D eigenvalue weighted by molar-refractivity contribution is 0.183. The molecule has 0 heterocycles. The van der Waals surface area contributed by atoms with Gasteiger partial charge in [-0.25, -0.2) is 0 Å². The second kappa shape index (κ2) is 6.63. The molecule has 0 amide bonds. The van der Waals surface area contributed by atoms with Crippen LogP contribution in [0.15, 0.2) is 27.1 Å². The van der Waals surface area contributed by atoms with Gasteiger partial charge in [-0.1, -0.05) is 6.07 Å². The van der Waals surface area contributed by atoms with Crippen molar-refractivity contribution in [2.75, 3.05) is 6.54 Å². The fourth-order valence-corrected chi connectivity index (χ4v) is 1.87. The molecular weight excluding hydrogens is 322 g/mol. The van der Waals surface area contributed by atoms with Crippen molar-refractivity contribution in [1.29, 1.82) is 0 Å². The Morgan fingerprint density at radius 3 is 2.67 bits per heavy atom. The maximum absolute atomic E-state index is 9.08. The van der Waals surface area contributed by atoms with Gasteiger partial charge in [-0.3, -0.25) is 0 Å². The molecule has 2 N–H and O–H groups in total. The molecule has 0 saturated carbocycles. The molecule has 2 nitrogen and oxygen atoms in total. The number of benzene rings is 1. The van der Waals surface area contributed by atoms with Crippen LogP contribution in [0.5, 0.6) is 0 Å². The first-order valence-electron chi connectivity index (χ1n) is 4.92. The van der Waals surface area contributed by atoms with Crippen LogP contribution in [-0.4, -0.2) is 17.8 Å². The highest BCUT2D eigenvalue weighted by Gasteiger charge is 1.99. The van der Waals surface area contributed by atoms with Crippen LogP contribution in [0.4, 0.5) is 0 Å². The summed E-state index contributed by atoms with van der Waals surface area (Å²) in [5.74, 6) is 0. The van der Waals surface area contributed by atoms with Gasteiger partial charge in [0.2, 0.25) is 0 Å². The predicted molar refractivity (Wildman–Crippen MR) is 69.8 cm³/mol. The summed E-state index contributed by atoms with van der Waals surface area (Å²) in [5.41, 5.74) is 1.23. The summed E-state index contributed by atoms with van der Waals surface area (Å²) < 4.78 is 2.13. The molecular formula is C11H15Br2NO. The molecule has 0 aliphatic rings. The van der Waals surface area contributed by atoms with Crippen molar-refractivity contribution in [3.8, 4) is 0 Å². The third-order valence-corrected chi connectivity index (χ3v) is 3.93. The van der Waals surface area contributed by atoms with E-state index in [-0.39, 0.29) is 6.10 Å². The Kier molecular flexibility index (Phi) is 5.82. The molecule has 0 saturated heterocycles. The van der Waals surface area contributed by atoms with Crippen molar-refractivity contribution in [3.63, 3.8) is 0 Å². The number of nitrogens with one attached hydrogen (secondary N) is 1. The average molecular weight is 337 g/mol. The smallest absolute Gasteiger partial charge is 0.0524 e. The maximum atomic E-state index is 9.08. The van der Waals surface area contributed by atoms with E-state index in [1.54, 1.807) is 6.92 Å². The summed E-state index contributed by atoms with van der Waals surface area (Å²) in [6.45, 7) is 3.47. The largest absolute Gasteiger partial charge is 0.393 e. The Morgan fingerprint density at radius 2 is 2.07 bits per heavy atom. The zero-order chi connectivity index (χ0) is 11.3. The van der Waals surface area contributed by atoms with Gasteiger partial charge < -0.3 is 10.4 Å². The van der Waals surface area contributed by atoms with E-state index in [1.807, 2.05) is 6.07 Å². The molecule has 0 aliphatic heterocycles. The Bertz CT molecular complexity index is 315. The number of hydrogen-bond donors (Lipinski definition) is 2. The molecule has 0 aromatic heterocycles. The third kappa shape index (κ3) is 5.11. The summed E-state index contributed by atoms with van der Waals surface area (Å²) in [6.07, 6.45) is 0.562. The van der Waals surface area contributed by atoms with Crippen molar-refractivity contribution < 1.29 is 5.11 Å². The highest BCUT2D eigenvalue weighted by molar-refractivity contribution is 9.13. The van der Waals surface area contributed by atoms with E-state index in [2.05, 4.69) is 49.3 Å². The summed E-state index contributed by atoms with van der Waals surface area (Å²) in [7, 11) is 0. The van der Waals surface area contributed by atoms with Gasteiger partial charge in [0.1, 0.15) is 0 Å². The highest BCUT2D eigenvalue weighted by atomic mass is 79.9. The van der Waals surface area contributed by atoms with Crippen LogP contribution in [-0.2, 0) is 6.54 Å². The van der Waals surface area contributed by atoms with Crippen LogP contribution >= 0.6 is 31.9 Å². The van der Waals surface area contributed by atoms with Gasteiger partial charge >= 0.3 is 0 Å². The average Bonchev–Trinajstić information content (AvgIpc) is 2.18. The molecule has 1 atom stereocenters. The van der Waals surface area contributed by atoms with E-state index in [0.29, 0.717) is 0 Å². The minimum Gasteiger partial charge on any atom is -0.393 e. The van der Waals surface area contributed by atoms with Crippen molar-refractivity contribution in [2.24, 2.45) is 0 Å². The molecule has 0 spiro atoms. The van der Waals surface area contributed by atoms with Crippen molar-refractivity contribution >= 4 is 31.9 Å². The second-order valence-electron chi connectivity index (χ2n) is 3.56. The van der Waals surface area contributed by atoms with E-state index >= 15 is 0 Å². The number of hydrogen-bond acceptors (Lipinski definition) is 2. The molecule has 15 heavy (non-hydrogen) atoms. The van der Waals surface area contributed by atoms with E-state index in [9.17, 15) is 0 Å². The Hall–Kier alpha value is 0.1000. The van der Waals surface area contributed by atoms with Crippen molar-refractivity contribution in [1.82, 2.24) is 5.32 Å². The summed E-state index contributed by atoms with van der Waals surface area (Å²) in [6, 6.07) is 6.18. The molecule has 1 unspecified atom stereocenters. The maximum Gasteiger partial charge on any atom is 0.0524 e. The first-order valence-corrected chi connectivity index (χ1v) is 6.51. The first kappa shape index (κ1) is 13.2. The lowest BCUT2D eigenvalue weighted by Crippen LogP contribution is -2.18. The predicted octanol–water partition coefficient (Wildman–Crippen LogP) is 3.07. The van der Waals surface area contributed by atoms with Crippen LogP contribution in [0, 0.1) is 0 Å². The zero-order valence-electron chi connectivity index (χ0n) is 8.63. The van der Waals surface area contributed by atoms with Gasteiger partial charge in [-0.05, 0) is 69.4 Å². The molecule has 0 bridgehead atoms. The quantitative estimate of drug-likeness (QED) is 0.810. The lowest BCUT2D eigenvalue weighted by atomic mass is 10.2. The van der Waals surface area contributed by atoms with Gasteiger partial charge in [0.15, 0.2) is 0 Å². The van der Waals surface area contributed by atoms with E-state index < -0.39 is 0 Å². The second-order valence-corrected chi connectivity index (χ2v) is 5.27. The number of aliphatic hydroxyl groups excluding tert-OH is 1. The number of aliphatic hydroxyl groups is 1. The fraction of sp³-hybridized carbons (Fsp3) is 0.455. The first-order chi connectivity index (χ1) is 7.09. The molecule has 1 aromatic rings. The highest BCUT2D eigenvalue weighted by Crippen LogP contribution is 2.23. The van der Waals surface area contributed by atoms with Crippen LogP contribution in [0.3, 0.4) is 0 Å². The number of rotatable bonds is 5. The van der Waals surface area contributed by atoms with Gasteiger partial charge in [-0.15, -0.1) is 0 Å². The van der Waals surface area contributed by atoms with Crippen molar-refractivity contribution in [3.05, 3.63) is 32.7 Å². The number of halogens is 2. The van der Waals surface area contributed by atoms with Crippen LogP contribution in [0.1, 0.15) is 18.9 Å². The minimum absolute atomic E-state index is 0.228. The monoisotopic (exact) mass is 335 g/mol. The summed E-state index contributed by atoms with van der Waals surface area (Å²) in [5, 5.41) is 12.4. The van der Waals surface area contributed by atoms with E-state index in [0.717, 1.165) is 28.5 Å². The van der Waals surface area contributed by atoms with Crippen LogP contribution < -0.4 is 5.32 Å². The van der Waals surface area contributed by atoms with Crippen LogP contribution in [0.25, 0.3) is 0 Å². The topological polar surface area (TPSA) is 32.3 Å². The molecule has 0 aliphatic carbocycles. The molecule has 1 rings (SSSR count). The van der Waals surface area contributed by atoms with Crippen LogP contribution in [0.2, 0.25) is 0 Å². The molecule has 0 fully saturated rings. The normalized spacial score (nSPS) is 12.8. The Balaban J connectivity index is 2.35. The zero-order valence-corrected chi connectivity index (χ0v) is 11.8. The Morgan fingerprint density at radius 1 is 1.33 bits per heavy atom. The fourth-order valence-electron chi connectivity index (χ4n) is 1.19. The standard InChI is InChI=1S/C11H15Br2NO/c1-8(15)4-5-14-7-9-2-3-10(12)11(13)6-9/h2-3,6,8,14-15H,4-5,7H2,1H3. The SMILES string of the molecule is CC(O)CCNCc1ccc(Br)c(Br)c1. The van der Waals surface area contributed by atoms with E-state index in [4.69, 9.17) is 5.11 Å². The molecule has 0 radical (unpaired) electrons.